The lowest BCUT2D eigenvalue weighted by molar-refractivity contribution is -0.154. The monoisotopic (exact) mass is 522 g/mol. The topological polar surface area (TPSA) is 77.5 Å². The molecule has 0 unspecified atom stereocenters. The van der Waals surface area contributed by atoms with E-state index >= 15 is 0 Å². The van der Waals surface area contributed by atoms with Gasteiger partial charge in [-0.2, -0.15) is 0 Å². The van der Waals surface area contributed by atoms with Gasteiger partial charge >= 0.3 is 12.1 Å². The standard InChI is InChI=1S/C27H27BrN2O4/c1-27(2,3)34-24(31)15-13-17-12-14-23(28)29-25(17)30-26(32)33-16-22-20-10-6-4-8-18(20)19-9-5-7-11-21(19)22/h4-12,14,22H,13,15-16H2,1-3H3,(H,29,30,32). The highest BCUT2D eigenvalue weighted by Crippen LogP contribution is 2.44. The van der Waals surface area contributed by atoms with Gasteiger partial charge in [0.05, 0.1) is 0 Å². The number of hydrogen-bond acceptors (Lipinski definition) is 5. The average Bonchev–Trinajstić information content (AvgIpc) is 3.10. The number of fused-ring (bicyclic) bond motifs is 3. The Hall–Kier alpha value is -3.19. The van der Waals surface area contributed by atoms with Gasteiger partial charge in [0, 0.05) is 12.3 Å². The molecule has 3 aromatic rings. The van der Waals surface area contributed by atoms with Crippen molar-refractivity contribution in [2.75, 3.05) is 11.9 Å². The van der Waals surface area contributed by atoms with Crippen LogP contribution in [0.5, 0.6) is 0 Å². The molecule has 34 heavy (non-hydrogen) atoms. The van der Waals surface area contributed by atoms with E-state index in [4.69, 9.17) is 9.47 Å². The van der Waals surface area contributed by atoms with Crippen molar-refractivity contribution in [3.05, 3.63) is 82.0 Å². The normalized spacial score (nSPS) is 12.6. The molecule has 4 rings (SSSR count). The van der Waals surface area contributed by atoms with Crippen LogP contribution in [0.15, 0.2) is 65.3 Å². The van der Waals surface area contributed by atoms with Crippen LogP contribution >= 0.6 is 15.9 Å². The molecule has 176 valence electrons. The number of carbonyl (C=O) groups excluding carboxylic acids is 2. The van der Waals surface area contributed by atoms with Crippen LogP contribution in [-0.2, 0) is 20.7 Å². The highest BCUT2D eigenvalue weighted by Gasteiger charge is 2.29. The summed E-state index contributed by atoms with van der Waals surface area (Å²) < 4.78 is 11.6. The SMILES string of the molecule is CC(C)(C)OC(=O)CCc1ccc(Br)nc1NC(=O)OCC1c2ccccc2-c2ccccc21. The zero-order chi connectivity index (χ0) is 24.3. The third-order valence-electron chi connectivity index (χ3n) is 5.53. The van der Waals surface area contributed by atoms with E-state index in [1.165, 1.54) is 11.1 Å². The van der Waals surface area contributed by atoms with Crippen molar-refractivity contribution >= 4 is 33.8 Å². The summed E-state index contributed by atoms with van der Waals surface area (Å²) in [6.07, 6.45) is -0.0281. The Balaban J connectivity index is 1.42. The lowest BCUT2D eigenvalue weighted by atomic mass is 9.98. The van der Waals surface area contributed by atoms with E-state index < -0.39 is 11.7 Å². The fraction of sp³-hybridized carbons (Fsp3) is 0.296. The fourth-order valence-electron chi connectivity index (χ4n) is 4.13. The molecule has 0 bridgehead atoms. The van der Waals surface area contributed by atoms with Gasteiger partial charge in [0.15, 0.2) is 0 Å². The summed E-state index contributed by atoms with van der Waals surface area (Å²) in [4.78, 5) is 29.2. The Kier molecular flexibility index (Phi) is 7.03. The van der Waals surface area contributed by atoms with E-state index in [1.807, 2.05) is 51.1 Å². The van der Waals surface area contributed by atoms with Crippen LogP contribution in [0, 0.1) is 0 Å². The molecule has 0 saturated heterocycles. The third kappa shape index (κ3) is 5.65. The molecule has 0 radical (unpaired) electrons. The number of aromatic nitrogens is 1. The van der Waals surface area contributed by atoms with Crippen LogP contribution in [0.1, 0.15) is 49.8 Å². The van der Waals surface area contributed by atoms with Crippen molar-refractivity contribution in [1.82, 2.24) is 4.98 Å². The molecule has 1 N–H and O–H groups in total. The molecule has 0 spiro atoms. The summed E-state index contributed by atoms with van der Waals surface area (Å²) in [6.45, 7) is 5.70. The maximum absolute atomic E-state index is 12.7. The first-order valence-electron chi connectivity index (χ1n) is 11.2. The molecule has 1 aliphatic rings. The number of anilines is 1. The van der Waals surface area contributed by atoms with Gasteiger partial charge in [0.1, 0.15) is 22.6 Å². The zero-order valence-electron chi connectivity index (χ0n) is 19.4. The number of nitrogens with zero attached hydrogens (tertiary/aromatic N) is 1. The number of hydrogen-bond donors (Lipinski definition) is 1. The molecule has 1 aromatic heterocycles. The van der Waals surface area contributed by atoms with Crippen LogP contribution < -0.4 is 5.32 Å². The van der Waals surface area contributed by atoms with Gasteiger partial charge in [-0.25, -0.2) is 9.78 Å². The van der Waals surface area contributed by atoms with Crippen molar-refractivity contribution in [3.8, 4) is 11.1 Å². The largest absolute Gasteiger partial charge is 0.460 e. The van der Waals surface area contributed by atoms with Gasteiger partial charge in [-0.3, -0.25) is 10.1 Å². The highest BCUT2D eigenvalue weighted by molar-refractivity contribution is 9.10. The number of halogens is 1. The maximum atomic E-state index is 12.7. The lowest BCUT2D eigenvalue weighted by Gasteiger charge is -2.19. The van der Waals surface area contributed by atoms with Crippen LogP contribution in [0.4, 0.5) is 10.6 Å². The summed E-state index contributed by atoms with van der Waals surface area (Å²) in [5.74, 6) is 0.0259. The second-order valence-electron chi connectivity index (χ2n) is 9.18. The van der Waals surface area contributed by atoms with Gasteiger partial charge in [0.25, 0.3) is 0 Å². The fourth-order valence-corrected chi connectivity index (χ4v) is 4.44. The van der Waals surface area contributed by atoms with E-state index in [1.54, 1.807) is 6.07 Å². The molecule has 0 atom stereocenters. The summed E-state index contributed by atoms with van der Waals surface area (Å²) in [7, 11) is 0. The van der Waals surface area contributed by atoms with E-state index in [-0.39, 0.29) is 24.9 Å². The molecular formula is C27H27BrN2O4. The van der Waals surface area contributed by atoms with Crippen molar-refractivity contribution in [1.29, 1.82) is 0 Å². The minimum Gasteiger partial charge on any atom is -0.460 e. The molecule has 1 aliphatic carbocycles. The first-order valence-corrected chi connectivity index (χ1v) is 12.0. The Labute approximate surface area is 207 Å². The van der Waals surface area contributed by atoms with Crippen LogP contribution in [0.3, 0.4) is 0 Å². The third-order valence-corrected chi connectivity index (χ3v) is 5.97. The Morgan fingerprint density at radius 1 is 0.971 bits per heavy atom. The predicted molar refractivity (Wildman–Crippen MR) is 135 cm³/mol. The molecule has 2 aromatic carbocycles. The summed E-state index contributed by atoms with van der Waals surface area (Å²) in [6, 6.07) is 20.0. The first kappa shape index (κ1) is 24.0. The highest BCUT2D eigenvalue weighted by atomic mass is 79.9. The van der Waals surface area contributed by atoms with Gasteiger partial charge in [-0.15, -0.1) is 0 Å². The van der Waals surface area contributed by atoms with Crippen LogP contribution in [0.2, 0.25) is 0 Å². The first-order chi connectivity index (χ1) is 16.2. The van der Waals surface area contributed by atoms with Crippen LogP contribution in [-0.4, -0.2) is 29.3 Å². The van der Waals surface area contributed by atoms with Crippen LogP contribution in [0.25, 0.3) is 11.1 Å². The Morgan fingerprint density at radius 2 is 1.59 bits per heavy atom. The van der Waals surface area contributed by atoms with E-state index in [2.05, 4.69) is 50.5 Å². The molecule has 1 amide bonds. The molecule has 7 heteroatoms. The summed E-state index contributed by atoms with van der Waals surface area (Å²) in [5.41, 5.74) is 4.82. The number of aryl methyl sites for hydroxylation is 1. The molecule has 0 aliphatic heterocycles. The second kappa shape index (κ2) is 9.97. The van der Waals surface area contributed by atoms with Crippen molar-refractivity contribution < 1.29 is 19.1 Å². The maximum Gasteiger partial charge on any atom is 0.412 e. The smallest absolute Gasteiger partial charge is 0.412 e. The van der Waals surface area contributed by atoms with Crippen molar-refractivity contribution in [2.45, 2.75) is 45.1 Å². The van der Waals surface area contributed by atoms with Crippen molar-refractivity contribution in [2.24, 2.45) is 0 Å². The summed E-state index contributed by atoms with van der Waals surface area (Å²) in [5, 5.41) is 2.74. The number of amides is 1. The minimum atomic E-state index is -0.592. The second-order valence-corrected chi connectivity index (χ2v) is 9.99. The number of rotatable bonds is 6. The lowest BCUT2D eigenvalue weighted by Crippen LogP contribution is -2.24. The Morgan fingerprint density at radius 3 is 2.21 bits per heavy atom. The van der Waals surface area contributed by atoms with Crippen molar-refractivity contribution in [3.63, 3.8) is 0 Å². The van der Waals surface area contributed by atoms with E-state index in [0.29, 0.717) is 16.8 Å². The van der Waals surface area contributed by atoms with Gasteiger partial charge < -0.3 is 9.47 Å². The molecule has 6 nitrogen and oxygen atoms in total. The number of benzene rings is 2. The number of nitrogens with one attached hydrogen (secondary N) is 1. The Bertz CT molecular complexity index is 1170. The molecular weight excluding hydrogens is 496 g/mol. The van der Waals surface area contributed by atoms with Gasteiger partial charge in [0.2, 0.25) is 0 Å². The number of carbonyl (C=O) groups is 2. The molecule has 0 fully saturated rings. The quantitative estimate of drug-likeness (QED) is 0.296. The van der Waals surface area contributed by atoms with Gasteiger partial charge in [-0.05, 0) is 77.0 Å². The minimum absolute atomic E-state index is 0.0275. The molecule has 1 heterocycles. The summed E-state index contributed by atoms with van der Waals surface area (Å²) >= 11 is 3.34. The molecule has 0 saturated carbocycles. The average molecular weight is 523 g/mol. The zero-order valence-corrected chi connectivity index (χ0v) is 21.0. The number of esters is 1. The van der Waals surface area contributed by atoms with Gasteiger partial charge in [-0.1, -0.05) is 54.6 Å². The number of pyridine rings is 1. The number of ether oxygens (including phenoxy) is 2. The predicted octanol–water partition coefficient (Wildman–Crippen LogP) is 6.48. The van der Waals surface area contributed by atoms with E-state index in [9.17, 15) is 9.59 Å². The van der Waals surface area contributed by atoms with E-state index in [0.717, 1.165) is 16.7 Å².